The normalized spacial score (nSPS) is 11.5. The summed E-state index contributed by atoms with van der Waals surface area (Å²) < 4.78 is 7.62. The Labute approximate surface area is 171 Å². The Kier molecular flexibility index (Phi) is 6.14. The maximum absolute atomic E-state index is 5.74. The van der Waals surface area contributed by atoms with Gasteiger partial charge in [-0.1, -0.05) is 6.07 Å². The molecule has 1 aromatic carbocycles. The zero-order valence-corrected chi connectivity index (χ0v) is 17.9. The molecule has 0 atom stereocenters. The van der Waals surface area contributed by atoms with Gasteiger partial charge in [-0.05, 0) is 40.0 Å². The molecular weight excluding hydrogens is 366 g/mol. The van der Waals surface area contributed by atoms with Gasteiger partial charge in [-0.2, -0.15) is 10.1 Å². The summed E-state index contributed by atoms with van der Waals surface area (Å²) in [4.78, 5) is 8.95. The highest BCUT2D eigenvalue weighted by atomic mass is 16.5. The molecule has 3 rings (SSSR count). The fourth-order valence-electron chi connectivity index (χ4n) is 3.09. The SMILES string of the molecule is CNCc1cnn(-c2cc(Nc3nc(C)cc(NC)n3)ccc2C(C)(C)OC)c1. The first-order valence-electron chi connectivity index (χ1n) is 9.55. The monoisotopic (exact) mass is 395 g/mol. The maximum atomic E-state index is 5.74. The van der Waals surface area contributed by atoms with Gasteiger partial charge in [0.2, 0.25) is 5.95 Å². The molecule has 3 aromatic rings. The number of ether oxygens (including phenoxy) is 1. The van der Waals surface area contributed by atoms with Gasteiger partial charge in [-0.25, -0.2) is 9.67 Å². The summed E-state index contributed by atoms with van der Waals surface area (Å²) in [7, 11) is 5.47. The molecule has 0 aliphatic heterocycles. The fraction of sp³-hybridized carbons (Fsp3) is 0.381. The topological polar surface area (TPSA) is 88.9 Å². The van der Waals surface area contributed by atoms with Crippen LogP contribution in [0.3, 0.4) is 0 Å². The molecule has 0 saturated carbocycles. The molecule has 0 spiro atoms. The summed E-state index contributed by atoms with van der Waals surface area (Å²) in [6, 6.07) is 7.99. The molecule has 29 heavy (non-hydrogen) atoms. The van der Waals surface area contributed by atoms with Crippen molar-refractivity contribution in [1.29, 1.82) is 0 Å². The minimum absolute atomic E-state index is 0.470. The average Bonchev–Trinajstić information content (AvgIpc) is 3.16. The van der Waals surface area contributed by atoms with Crippen LogP contribution < -0.4 is 16.0 Å². The van der Waals surface area contributed by atoms with E-state index in [1.165, 1.54) is 0 Å². The lowest BCUT2D eigenvalue weighted by Crippen LogP contribution is -2.22. The van der Waals surface area contributed by atoms with Gasteiger partial charge in [0, 0.05) is 55.5 Å². The highest BCUT2D eigenvalue weighted by Gasteiger charge is 2.24. The van der Waals surface area contributed by atoms with Crippen molar-refractivity contribution in [2.75, 3.05) is 31.8 Å². The number of rotatable bonds is 8. The standard InChI is InChI=1S/C21H29N7O/c1-14-9-19(23-5)27-20(25-14)26-16-7-8-17(21(2,3)29-6)18(10-16)28-13-15(11-22-4)12-24-28/h7-10,12-13,22H,11H2,1-6H3,(H2,23,25,26,27). The van der Waals surface area contributed by atoms with Crippen molar-refractivity contribution in [3.05, 3.63) is 53.5 Å². The first-order valence-corrected chi connectivity index (χ1v) is 9.55. The molecular formula is C21H29N7O. The van der Waals surface area contributed by atoms with E-state index in [9.17, 15) is 0 Å². The lowest BCUT2D eigenvalue weighted by Gasteiger charge is -2.26. The van der Waals surface area contributed by atoms with Crippen LogP contribution in [0.1, 0.15) is 30.7 Å². The molecule has 0 radical (unpaired) electrons. The molecule has 2 aromatic heterocycles. The van der Waals surface area contributed by atoms with E-state index in [4.69, 9.17) is 4.74 Å². The van der Waals surface area contributed by atoms with E-state index in [0.717, 1.165) is 40.6 Å². The van der Waals surface area contributed by atoms with Crippen LogP contribution in [0.15, 0.2) is 36.7 Å². The molecule has 154 valence electrons. The molecule has 8 nitrogen and oxygen atoms in total. The summed E-state index contributed by atoms with van der Waals surface area (Å²) in [6.45, 7) is 6.78. The van der Waals surface area contributed by atoms with Crippen LogP contribution in [-0.4, -0.2) is 41.0 Å². The average molecular weight is 396 g/mol. The van der Waals surface area contributed by atoms with Crippen molar-refractivity contribution in [1.82, 2.24) is 25.1 Å². The predicted molar refractivity (Wildman–Crippen MR) is 116 cm³/mol. The minimum Gasteiger partial charge on any atom is -0.374 e. The highest BCUT2D eigenvalue weighted by Crippen LogP contribution is 2.32. The first-order chi connectivity index (χ1) is 13.9. The zero-order chi connectivity index (χ0) is 21.0. The zero-order valence-electron chi connectivity index (χ0n) is 17.9. The maximum Gasteiger partial charge on any atom is 0.229 e. The minimum atomic E-state index is -0.470. The largest absolute Gasteiger partial charge is 0.374 e. The Morgan fingerprint density at radius 3 is 2.62 bits per heavy atom. The molecule has 0 aliphatic rings. The van der Waals surface area contributed by atoms with E-state index >= 15 is 0 Å². The van der Waals surface area contributed by atoms with Gasteiger partial charge in [-0.3, -0.25) is 0 Å². The van der Waals surface area contributed by atoms with Crippen LogP contribution in [0, 0.1) is 6.92 Å². The van der Waals surface area contributed by atoms with Gasteiger partial charge in [0.25, 0.3) is 0 Å². The molecule has 0 amide bonds. The highest BCUT2D eigenvalue weighted by molar-refractivity contribution is 5.61. The summed E-state index contributed by atoms with van der Waals surface area (Å²) in [5.41, 5.74) is 4.35. The van der Waals surface area contributed by atoms with Gasteiger partial charge >= 0.3 is 0 Å². The van der Waals surface area contributed by atoms with Crippen molar-refractivity contribution < 1.29 is 4.74 Å². The van der Waals surface area contributed by atoms with Crippen molar-refractivity contribution in [3.8, 4) is 5.69 Å². The van der Waals surface area contributed by atoms with Crippen LogP contribution in [0.5, 0.6) is 0 Å². The van der Waals surface area contributed by atoms with E-state index in [0.29, 0.717) is 5.95 Å². The number of nitrogens with zero attached hydrogens (tertiary/aromatic N) is 4. The van der Waals surface area contributed by atoms with E-state index in [2.05, 4.69) is 37.1 Å². The second kappa shape index (κ2) is 8.59. The molecule has 2 heterocycles. The fourth-order valence-corrected chi connectivity index (χ4v) is 3.09. The molecule has 3 N–H and O–H groups in total. The van der Waals surface area contributed by atoms with Crippen LogP contribution in [0.2, 0.25) is 0 Å². The molecule has 0 fully saturated rings. The van der Waals surface area contributed by atoms with Crippen molar-refractivity contribution in [2.24, 2.45) is 0 Å². The number of methoxy groups -OCH3 is 1. The van der Waals surface area contributed by atoms with Crippen LogP contribution >= 0.6 is 0 Å². The van der Waals surface area contributed by atoms with E-state index in [-0.39, 0.29) is 0 Å². The number of anilines is 3. The number of benzene rings is 1. The Balaban J connectivity index is 2.03. The van der Waals surface area contributed by atoms with Gasteiger partial charge in [-0.15, -0.1) is 0 Å². The summed E-state index contributed by atoms with van der Waals surface area (Å²) in [5.74, 6) is 1.30. The van der Waals surface area contributed by atoms with Crippen LogP contribution in [0.4, 0.5) is 17.5 Å². The lowest BCUT2D eigenvalue weighted by atomic mass is 9.95. The van der Waals surface area contributed by atoms with Gasteiger partial charge in [0.1, 0.15) is 5.82 Å². The summed E-state index contributed by atoms with van der Waals surface area (Å²) >= 11 is 0. The number of aromatic nitrogens is 4. The first kappa shape index (κ1) is 20.8. The van der Waals surface area contributed by atoms with Gasteiger partial charge < -0.3 is 20.7 Å². The van der Waals surface area contributed by atoms with Crippen molar-refractivity contribution >= 4 is 17.5 Å². The summed E-state index contributed by atoms with van der Waals surface area (Å²) in [6.07, 6.45) is 3.89. The molecule has 0 bridgehead atoms. The molecule has 0 saturated heterocycles. The number of hydrogen-bond acceptors (Lipinski definition) is 7. The number of aryl methyl sites for hydroxylation is 1. The molecule has 0 unspecified atom stereocenters. The van der Waals surface area contributed by atoms with Crippen LogP contribution in [-0.2, 0) is 16.9 Å². The third kappa shape index (κ3) is 4.72. The van der Waals surface area contributed by atoms with E-state index in [1.54, 1.807) is 7.11 Å². The van der Waals surface area contributed by atoms with Crippen molar-refractivity contribution in [3.63, 3.8) is 0 Å². The predicted octanol–water partition coefficient (Wildman–Crippen LogP) is 3.36. The van der Waals surface area contributed by atoms with Crippen molar-refractivity contribution in [2.45, 2.75) is 32.9 Å². The van der Waals surface area contributed by atoms with Gasteiger partial charge in [0.15, 0.2) is 0 Å². The second-order valence-corrected chi connectivity index (χ2v) is 7.36. The Hall–Kier alpha value is -2.97. The third-order valence-electron chi connectivity index (χ3n) is 4.79. The smallest absolute Gasteiger partial charge is 0.229 e. The Morgan fingerprint density at radius 2 is 1.93 bits per heavy atom. The Morgan fingerprint density at radius 1 is 1.14 bits per heavy atom. The number of nitrogens with one attached hydrogen (secondary N) is 3. The van der Waals surface area contributed by atoms with Crippen LogP contribution in [0.25, 0.3) is 5.69 Å². The van der Waals surface area contributed by atoms with E-state index in [1.807, 2.05) is 70.1 Å². The summed E-state index contributed by atoms with van der Waals surface area (Å²) in [5, 5.41) is 14.1. The lowest BCUT2D eigenvalue weighted by molar-refractivity contribution is 0.0191. The third-order valence-corrected chi connectivity index (χ3v) is 4.79. The second-order valence-electron chi connectivity index (χ2n) is 7.36. The quantitative estimate of drug-likeness (QED) is 0.539. The van der Waals surface area contributed by atoms with E-state index < -0.39 is 5.60 Å². The molecule has 8 heteroatoms. The number of hydrogen-bond donors (Lipinski definition) is 3. The molecule has 0 aliphatic carbocycles. The Bertz CT molecular complexity index is 981. The van der Waals surface area contributed by atoms with Gasteiger partial charge in [0.05, 0.1) is 17.5 Å².